The summed E-state index contributed by atoms with van der Waals surface area (Å²) in [7, 11) is 0. The van der Waals surface area contributed by atoms with Crippen molar-refractivity contribution in [1.82, 2.24) is 9.78 Å². The van der Waals surface area contributed by atoms with Gasteiger partial charge in [0.2, 0.25) is 0 Å². The van der Waals surface area contributed by atoms with Gasteiger partial charge in [0, 0.05) is 22.1 Å². The number of amides is 1. The van der Waals surface area contributed by atoms with Crippen LogP contribution in [0.1, 0.15) is 16.1 Å². The summed E-state index contributed by atoms with van der Waals surface area (Å²) in [5, 5.41) is 16.9. The molecule has 0 atom stereocenters. The molecule has 2 N–H and O–H groups in total. The lowest BCUT2D eigenvalue weighted by molar-refractivity contribution is 0.102. The zero-order chi connectivity index (χ0) is 16.4. The van der Waals surface area contributed by atoms with Crippen LogP contribution in [0.25, 0.3) is 5.69 Å². The SMILES string of the molecule is Cc1ccnn1-c1cccc(NC(=O)c2ccc(Br)cc2O)c1. The number of phenolic OH excluding ortho intramolecular Hbond substituents is 1. The topological polar surface area (TPSA) is 67.2 Å². The average Bonchev–Trinajstić information content (AvgIpc) is 2.93. The Morgan fingerprint density at radius 3 is 2.74 bits per heavy atom. The fraction of sp³-hybridized carbons (Fsp3) is 0.0588. The molecule has 6 heteroatoms. The van der Waals surface area contributed by atoms with E-state index in [9.17, 15) is 9.90 Å². The summed E-state index contributed by atoms with van der Waals surface area (Å²) in [5.74, 6) is -0.444. The van der Waals surface area contributed by atoms with E-state index in [1.54, 1.807) is 29.1 Å². The van der Waals surface area contributed by atoms with E-state index in [1.807, 2.05) is 31.2 Å². The van der Waals surface area contributed by atoms with Crippen LogP contribution in [0.2, 0.25) is 0 Å². The molecular formula is C17H14BrN3O2. The number of carbonyl (C=O) groups excluding carboxylic acids is 1. The van der Waals surface area contributed by atoms with Crippen LogP contribution in [-0.4, -0.2) is 20.8 Å². The van der Waals surface area contributed by atoms with Gasteiger partial charge >= 0.3 is 0 Å². The molecule has 0 aliphatic carbocycles. The summed E-state index contributed by atoms with van der Waals surface area (Å²) in [6.07, 6.45) is 1.72. The first kappa shape index (κ1) is 15.3. The van der Waals surface area contributed by atoms with Gasteiger partial charge in [0.25, 0.3) is 5.91 Å². The molecule has 3 rings (SSSR count). The summed E-state index contributed by atoms with van der Waals surface area (Å²) in [6.45, 7) is 1.96. The van der Waals surface area contributed by atoms with Crippen LogP contribution in [0.15, 0.2) is 59.2 Å². The highest BCUT2D eigenvalue weighted by atomic mass is 79.9. The highest BCUT2D eigenvalue weighted by molar-refractivity contribution is 9.10. The molecule has 0 saturated heterocycles. The Bertz CT molecular complexity index is 874. The van der Waals surface area contributed by atoms with Gasteiger partial charge in [-0.25, -0.2) is 4.68 Å². The minimum atomic E-state index is -0.371. The van der Waals surface area contributed by atoms with Crippen molar-refractivity contribution in [3.8, 4) is 11.4 Å². The quantitative estimate of drug-likeness (QED) is 0.733. The number of benzene rings is 2. The maximum atomic E-state index is 12.3. The van der Waals surface area contributed by atoms with Crippen molar-refractivity contribution in [2.45, 2.75) is 6.92 Å². The molecule has 23 heavy (non-hydrogen) atoms. The first-order valence-electron chi connectivity index (χ1n) is 6.95. The summed E-state index contributed by atoms with van der Waals surface area (Å²) >= 11 is 3.25. The molecule has 1 heterocycles. The van der Waals surface area contributed by atoms with Crippen molar-refractivity contribution in [3.63, 3.8) is 0 Å². The van der Waals surface area contributed by atoms with Crippen molar-refractivity contribution < 1.29 is 9.90 Å². The second-order valence-corrected chi connectivity index (χ2v) is 5.97. The third kappa shape index (κ3) is 3.27. The molecule has 3 aromatic rings. The zero-order valence-corrected chi connectivity index (χ0v) is 13.9. The minimum Gasteiger partial charge on any atom is -0.507 e. The van der Waals surface area contributed by atoms with Crippen molar-refractivity contribution >= 4 is 27.5 Å². The highest BCUT2D eigenvalue weighted by Crippen LogP contribution is 2.24. The van der Waals surface area contributed by atoms with E-state index in [1.165, 1.54) is 6.07 Å². The van der Waals surface area contributed by atoms with E-state index >= 15 is 0 Å². The standard InChI is InChI=1S/C17H14BrN3O2/c1-11-7-8-19-21(11)14-4-2-3-13(10-14)20-17(23)15-6-5-12(18)9-16(15)22/h2-10,22H,1H3,(H,20,23). The molecule has 0 spiro atoms. The zero-order valence-electron chi connectivity index (χ0n) is 12.3. The monoisotopic (exact) mass is 371 g/mol. The van der Waals surface area contributed by atoms with Gasteiger partial charge in [-0.2, -0.15) is 5.10 Å². The minimum absolute atomic E-state index is 0.0732. The number of halogens is 1. The molecule has 116 valence electrons. The van der Waals surface area contributed by atoms with E-state index in [-0.39, 0.29) is 17.2 Å². The number of nitrogens with one attached hydrogen (secondary N) is 1. The van der Waals surface area contributed by atoms with Crippen molar-refractivity contribution in [2.75, 3.05) is 5.32 Å². The largest absolute Gasteiger partial charge is 0.507 e. The lowest BCUT2D eigenvalue weighted by Crippen LogP contribution is -2.12. The molecule has 1 aromatic heterocycles. The molecule has 0 aliphatic heterocycles. The number of anilines is 1. The summed E-state index contributed by atoms with van der Waals surface area (Å²) < 4.78 is 2.50. The Balaban J connectivity index is 1.86. The third-order valence-corrected chi connectivity index (χ3v) is 3.88. The maximum Gasteiger partial charge on any atom is 0.259 e. The Hall–Kier alpha value is -2.60. The first-order valence-corrected chi connectivity index (χ1v) is 7.75. The average molecular weight is 372 g/mol. The Morgan fingerprint density at radius 1 is 1.22 bits per heavy atom. The lowest BCUT2D eigenvalue weighted by Gasteiger charge is -2.10. The van der Waals surface area contributed by atoms with Gasteiger partial charge in [-0.05, 0) is 49.4 Å². The predicted molar refractivity (Wildman–Crippen MR) is 92.1 cm³/mol. The third-order valence-electron chi connectivity index (χ3n) is 3.38. The molecule has 0 aliphatic rings. The van der Waals surface area contributed by atoms with E-state index < -0.39 is 0 Å². The van der Waals surface area contributed by atoms with Gasteiger partial charge < -0.3 is 10.4 Å². The Morgan fingerprint density at radius 2 is 2.04 bits per heavy atom. The predicted octanol–water partition coefficient (Wildman–Crippen LogP) is 3.90. The number of aromatic nitrogens is 2. The second-order valence-electron chi connectivity index (χ2n) is 5.05. The van der Waals surface area contributed by atoms with Gasteiger partial charge in [0.15, 0.2) is 0 Å². The number of aromatic hydroxyl groups is 1. The first-order chi connectivity index (χ1) is 11.0. The molecular weight excluding hydrogens is 358 g/mol. The number of rotatable bonds is 3. The summed E-state index contributed by atoms with van der Waals surface area (Å²) in [6, 6.07) is 14.0. The van der Waals surface area contributed by atoms with Crippen LogP contribution in [0.4, 0.5) is 5.69 Å². The number of carbonyl (C=O) groups is 1. The molecule has 0 bridgehead atoms. The highest BCUT2D eigenvalue weighted by Gasteiger charge is 2.12. The van der Waals surface area contributed by atoms with Crippen LogP contribution in [0, 0.1) is 6.92 Å². The van der Waals surface area contributed by atoms with Gasteiger partial charge in [-0.15, -0.1) is 0 Å². The van der Waals surface area contributed by atoms with Crippen LogP contribution in [0.3, 0.4) is 0 Å². The molecule has 0 fully saturated rings. The molecule has 5 nitrogen and oxygen atoms in total. The smallest absolute Gasteiger partial charge is 0.259 e. The van der Waals surface area contributed by atoms with Crippen LogP contribution in [-0.2, 0) is 0 Å². The molecule has 0 saturated carbocycles. The normalized spacial score (nSPS) is 10.5. The Kier molecular flexibility index (Phi) is 4.16. The second kappa shape index (κ2) is 6.26. The van der Waals surface area contributed by atoms with Crippen molar-refractivity contribution in [3.05, 3.63) is 70.5 Å². The van der Waals surface area contributed by atoms with Gasteiger partial charge in [0.05, 0.1) is 11.3 Å². The van der Waals surface area contributed by atoms with Crippen LogP contribution < -0.4 is 5.32 Å². The van der Waals surface area contributed by atoms with E-state index in [0.29, 0.717) is 10.2 Å². The number of hydrogen-bond donors (Lipinski definition) is 2. The molecule has 0 unspecified atom stereocenters. The number of nitrogens with zero attached hydrogens (tertiary/aromatic N) is 2. The number of aryl methyl sites for hydroxylation is 1. The molecule has 2 aromatic carbocycles. The maximum absolute atomic E-state index is 12.3. The summed E-state index contributed by atoms with van der Waals surface area (Å²) in [4.78, 5) is 12.3. The van der Waals surface area contributed by atoms with Crippen LogP contribution in [0.5, 0.6) is 5.75 Å². The fourth-order valence-corrected chi connectivity index (χ4v) is 2.60. The molecule has 0 radical (unpaired) electrons. The van der Waals surface area contributed by atoms with Crippen molar-refractivity contribution in [2.24, 2.45) is 0 Å². The van der Waals surface area contributed by atoms with E-state index in [0.717, 1.165) is 11.4 Å². The van der Waals surface area contributed by atoms with E-state index in [2.05, 4.69) is 26.3 Å². The fourth-order valence-electron chi connectivity index (χ4n) is 2.25. The van der Waals surface area contributed by atoms with Crippen molar-refractivity contribution in [1.29, 1.82) is 0 Å². The van der Waals surface area contributed by atoms with Crippen LogP contribution >= 0.6 is 15.9 Å². The Labute approximate surface area is 141 Å². The number of phenols is 1. The lowest BCUT2D eigenvalue weighted by atomic mass is 10.2. The van der Waals surface area contributed by atoms with Gasteiger partial charge in [-0.1, -0.05) is 22.0 Å². The summed E-state index contributed by atoms with van der Waals surface area (Å²) in [5.41, 5.74) is 2.70. The van der Waals surface area contributed by atoms with E-state index in [4.69, 9.17) is 0 Å². The van der Waals surface area contributed by atoms with Gasteiger partial charge in [-0.3, -0.25) is 4.79 Å². The molecule has 1 amide bonds. The number of hydrogen-bond acceptors (Lipinski definition) is 3. The van der Waals surface area contributed by atoms with Gasteiger partial charge in [0.1, 0.15) is 5.75 Å².